The van der Waals surface area contributed by atoms with E-state index < -0.39 is 47.5 Å². The third-order valence-electron chi connectivity index (χ3n) is 6.07. The van der Waals surface area contributed by atoms with E-state index in [0.29, 0.717) is 12.2 Å². The van der Waals surface area contributed by atoms with Gasteiger partial charge in [0.05, 0.1) is 44.8 Å². The zero-order chi connectivity index (χ0) is 27.4. The number of imide groups is 1. The van der Waals surface area contributed by atoms with Crippen LogP contribution in [0.1, 0.15) is 19.8 Å². The highest BCUT2D eigenvalue weighted by Crippen LogP contribution is 2.37. The average Bonchev–Trinajstić information content (AvgIpc) is 3.34. The maximum absolute atomic E-state index is 12.5. The van der Waals surface area contributed by atoms with Crippen LogP contribution < -0.4 is 5.32 Å². The molecule has 3 rings (SSSR count). The fourth-order valence-corrected chi connectivity index (χ4v) is 5.27. The molecule has 12 nitrogen and oxygen atoms in total. The molecule has 6 atom stereocenters. The van der Waals surface area contributed by atoms with Crippen molar-refractivity contribution < 1.29 is 61.5 Å². The Bertz CT molecular complexity index is 878. The molecule has 210 valence electrons. The highest BCUT2D eigenvalue weighted by atomic mass is 32.2. The number of ether oxygens (including phenoxy) is 4. The number of hydrogen-bond acceptors (Lipinski definition) is 11. The molecule has 37 heavy (non-hydrogen) atoms. The molecule has 0 aromatic rings. The van der Waals surface area contributed by atoms with Crippen molar-refractivity contribution in [2.75, 3.05) is 45.3 Å². The first-order valence-corrected chi connectivity index (χ1v) is 12.5. The summed E-state index contributed by atoms with van der Waals surface area (Å²) in [6, 6.07) is -1.63. The largest absolute Gasteiger partial charge is 0.471 e. The summed E-state index contributed by atoms with van der Waals surface area (Å²) in [6.07, 6.45) is -9.70. The van der Waals surface area contributed by atoms with Gasteiger partial charge in [-0.2, -0.15) is 13.2 Å². The van der Waals surface area contributed by atoms with E-state index in [1.54, 1.807) is 5.32 Å². The van der Waals surface area contributed by atoms with Crippen molar-refractivity contribution >= 4 is 35.3 Å². The van der Waals surface area contributed by atoms with Gasteiger partial charge in [0.15, 0.2) is 6.29 Å². The van der Waals surface area contributed by atoms with Gasteiger partial charge in [-0.3, -0.25) is 24.1 Å². The number of hydrogen-bond donors (Lipinski definition) is 3. The van der Waals surface area contributed by atoms with Crippen molar-refractivity contribution in [2.45, 2.75) is 61.3 Å². The first-order valence-electron chi connectivity index (χ1n) is 11.5. The number of halogens is 3. The van der Waals surface area contributed by atoms with Gasteiger partial charge >= 0.3 is 12.1 Å². The molecule has 0 aromatic heterocycles. The molecule has 16 heteroatoms. The molecule has 3 amide bonds. The minimum Gasteiger partial charge on any atom is -0.388 e. The Morgan fingerprint density at radius 2 is 1.92 bits per heavy atom. The third-order valence-corrected chi connectivity index (χ3v) is 7.29. The van der Waals surface area contributed by atoms with Crippen LogP contribution in [0.15, 0.2) is 0 Å². The molecule has 0 aromatic carbocycles. The Hall–Kier alpha value is -1.82. The number of amides is 3. The van der Waals surface area contributed by atoms with Gasteiger partial charge in [-0.1, -0.05) is 0 Å². The number of alkyl halides is 3. The predicted molar refractivity (Wildman–Crippen MR) is 118 cm³/mol. The first kappa shape index (κ1) is 29.7. The smallest absolute Gasteiger partial charge is 0.388 e. The zero-order valence-electron chi connectivity index (χ0n) is 19.9. The van der Waals surface area contributed by atoms with Gasteiger partial charge in [-0.25, -0.2) is 0 Å². The molecule has 3 aliphatic rings. The molecule has 0 saturated carbocycles. The maximum atomic E-state index is 12.5. The summed E-state index contributed by atoms with van der Waals surface area (Å²) in [5.74, 6) is -2.46. The summed E-state index contributed by atoms with van der Waals surface area (Å²) in [4.78, 5) is 47.8. The number of carbonyl (C=O) groups excluding carboxylic acids is 4. The highest BCUT2D eigenvalue weighted by molar-refractivity contribution is 8.00. The lowest BCUT2D eigenvalue weighted by Gasteiger charge is -2.42. The van der Waals surface area contributed by atoms with Crippen molar-refractivity contribution in [3.05, 3.63) is 0 Å². The van der Waals surface area contributed by atoms with E-state index >= 15 is 0 Å². The van der Waals surface area contributed by atoms with E-state index in [0.717, 1.165) is 4.90 Å². The molecular weight excluding hydrogens is 529 g/mol. The van der Waals surface area contributed by atoms with Gasteiger partial charge in [0.25, 0.3) is 0 Å². The van der Waals surface area contributed by atoms with Crippen LogP contribution in [-0.4, -0.2) is 126 Å². The van der Waals surface area contributed by atoms with Crippen molar-refractivity contribution in [2.24, 2.45) is 0 Å². The predicted octanol–water partition coefficient (Wildman–Crippen LogP) is -1.25. The van der Waals surface area contributed by atoms with E-state index in [4.69, 9.17) is 18.9 Å². The molecule has 0 radical (unpaired) electrons. The molecule has 3 fully saturated rings. The molecular formula is C21H29F3N2O10S. The van der Waals surface area contributed by atoms with Gasteiger partial charge in [-0.15, -0.1) is 11.8 Å². The van der Waals surface area contributed by atoms with Gasteiger partial charge in [0.1, 0.15) is 29.6 Å². The molecule has 3 saturated heterocycles. The Labute approximate surface area is 214 Å². The van der Waals surface area contributed by atoms with Crippen LogP contribution in [0.4, 0.5) is 13.2 Å². The number of likely N-dealkylation sites (tertiary alicyclic amines) is 1. The standard InChI is InChI=1S/C21H29F3N2O10S/c1-11(27)2-7-37-12-8-13(28)26(17(12)31)3-4-33-5-6-34-9-20-10-35-18(36-20)14(15(29)16(20)30)25-19(32)21(22,23)24/h12,14-16,18,29-30H,2-10H2,1H3,(H,25,32)/t12?,14-,15+,16+,18-,20-/m0/s1. The Morgan fingerprint density at radius 3 is 2.59 bits per heavy atom. The number of thioether (sulfide) groups is 1. The van der Waals surface area contributed by atoms with Gasteiger partial charge in [0, 0.05) is 18.6 Å². The van der Waals surface area contributed by atoms with E-state index in [2.05, 4.69) is 0 Å². The lowest BCUT2D eigenvalue weighted by Crippen LogP contribution is -2.67. The minimum absolute atomic E-state index is 0.00174. The summed E-state index contributed by atoms with van der Waals surface area (Å²) in [5, 5.41) is 21.7. The highest BCUT2D eigenvalue weighted by Gasteiger charge is 2.60. The van der Waals surface area contributed by atoms with Gasteiger partial charge in [0.2, 0.25) is 11.8 Å². The summed E-state index contributed by atoms with van der Waals surface area (Å²) in [5.41, 5.74) is -1.55. The number of Topliss-reactive ketones (excluding diaryl/α,β-unsaturated/α-hetero) is 1. The summed E-state index contributed by atoms with van der Waals surface area (Å²) >= 11 is 1.28. The van der Waals surface area contributed by atoms with Crippen LogP contribution in [0, 0.1) is 0 Å². The van der Waals surface area contributed by atoms with Crippen LogP contribution in [-0.2, 0) is 38.1 Å². The third kappa shape index (κ3) is 7.19. The summed E-state index contributed by atoms with van der Waals surface area (Å²) in [6.45, 7) is 1.04. The SMILES string of the molecule is CC(=O)CCSC1CC(=O)N(CCOCCOC[C@@]23CO[C@@H](O2)[C@@H](NC(=O)C(F)(F)F)[C@@H](O)[C@H]3O)C1=O. The topological polar surface area (TPSA) is 161 Å². The van der Waals surface area contributed by atoms with Crippen molar-refractivity contribution in [3.63, 3.8) is 0 Å². The van der Waals surface area contributed by atoms with Crippen molar-refractivity contribution in [3.8, 4) is 0 Å². The molecule has 2 bridgehead atoms. The summed E-state index contributed by atoms with van der Waals surface area (Å²) in [7, 11) is 0. The van der Waals surface area contributed by atoms with Crippen LogP contribution >= 0.6 is 11.8 Å². The number of ketones is 1. The van der Waals surface area contributed by atoms with E-state index in [-0.39, 0.29) is 63.6 Å². The Morgan fingerprint density at radius 1 is 1.22 bits per heavy atom. The molecule has 0 spiro atoms. The number of carbonyl (C=O) groups is 4. The first-order chi connectivity index (χ1) is 17.4. The molecule has 3 N–H and O–H groups in total. The average molecular weight is 559 g/mol. The van der Waals surface area contributed by atoms with E-state index in [1.807, 2.05) is 0 Å². The van der Waals surface area contributed by atoms with Crippen molar-refractivity contribution in [1.29, 1.82) is 0 Å². The zero-order valence-corrected chi connectivity index (χ0v) is 20.7. The Kier molecular flexibility index (Phi) is 9.93. The summed E-state index contributed by atoms with van der Waals surface area (Å²) < 4.78 is 59.1. The number of nitrogens with one attached hydrogen (secondary N) is 1. The fourth-order valence-electron chi connectivity index (χ4n) is 4.05. The molecule has 3 heterocycles. The number of rotatable bonds is 13. The Balaban J connectivity index is 1.35. The second-order valence-corrected chi connectivity index (χ2v) is 10.2. The fraction of sp³-hybridized carbons (Fsp3) is 0.810. The second kappa shape index (κ2) is 12.4. The minimum atomic E-state index is -5.19. The molecule has 3 aliphatic heterocycles. The van der Waals surface area contributed by atoms with Gasteiger partial charge < -0.3 is 34.5 Å². The van der Waals surface area contributed by atoms with Crippen LogP contribution in [0.2, 0.25) is 0 Å². The van der Waals surface area contributed by atoms with E-state index in [9.17, 15) is 42.6 Å². The lowest BCUT2D eigenvalue weighted by molar-refractivity contribution is -0.240. The lowest BCUT2D eigenvalue weighted by atomic mass is 9.88. The van der Waals surface area contributed by atoms with Crippen LogP contribution in [0.3, 0.4) is 0 Å². The quantitative estimate of drug-likeness (QED) is 0.183. The molecule has 0 aliphatic carbocycles. The number of fused-ring (bicyclic) bond motifs is 2. The van der Waals surface area contributed by atoms with Gasteiger partial charge in [-0.05, 0) is 6.92 Å². The number of aliphatic hydroxyl groups is 2. The monoisotopic (exact) mass is 558 g/mol. The van der Waals surface area contributed by atoms with Crippen molar-refractivity contribution in [1.82, 2.24) is 10.2 Å². The molecule has 1 unspecified atom stereocenters. The normalized spacial score (nSPS) is 31.7. The second-order valence-electron chi connectivity index (χ2n) is 8.86. The van der Waals surface area contributed by atoms with E-state index in [1.165, 1.54) is 18.7 Å². The van der Waals surface area contributed by atoms with Crippen LogP contribution in [0.5, 0.6) is 0 Å². The number of aliphatic hydroxyl groups excluding tert-OH is 2. The maximum Gasteiger partial charge on any atom is 0.471 e. The number of nitrogens with zero attached hydrogens (tertiary/aromatic N) is 1. The van der Waals surface area contributed by atoms with Crippen LogP contribution in [0.25, 0.3) is 0 Å².